The van der Waals surface area contributed by atoms with Gasteiger partial charge in [-0.05, 0) is 13.3 Å². The zero-order chi connectivity index (χ0) is 15.6. The lowest BCUT2D eigenvalue weighted by molar-refractivity contribution is 0.634. The number of hydrogen-bond donors (Lipinski definition) is 0. The summed E-state index contributed by atoms with van der Waals surface area (Å²) in [6, 6.07) is 1.60. The molecule has 2 aromatic heterocycles. The van der Waals surface area contributed by atoms with E-state index in [0.717, 1.165) is 29.9 Å². The number of aryl methyl sites for hydroxylation is 2. The molecule has 0 aliphatic carbocycles. The normalized spacial score (nSPS) is 10.9. The van der Waals surface area contributed by atoms with E-state index in [4.69, 9.17) is 11.6 Å². The molecule has 0 aromatic carbocycles. The smallest absolute Gasteiger partial charge is 0.269 e. The largest absolute Gasteiger partial charge is 0.373 e. The maximum atomic E-state index is 12.2. The Kier molecular flexibility index (Phi) is 4.67. The highest BCUT2D eigenvalue weighted by Gasteiger charge is 2.13. The second kappa shape index (κ2) is 6.30. The van der Waals surface area contributed by atoms with Gasteiger partial charge in [-0.15, -0.1) is 0 Å². The molecule has 0 fully saturated rings. The van der Waals surface area contributed by atoms with Gasteiger partial charge in [0.2, 0.25) is 0 Å². The third-order valence-corrected chi connectivity index (χ3v) is 3.91. The first-order chi connectivity index (χ1) is 9.93. The van der Waals surface area contributed by atoms with Crippen LogP contribution in [0.15, 0.2) is 17.1 Å². The molecule has 6 nitrogen and oxygen atoms in total. The predicted octanol–water partition coefficient (Wildman–Crippen LogP) is 1.83. The Morgan fingerprint density at radius 2 is 2.14 bits per heavy atom. The van der Waals surface area contributed by atoms with Crippen LogP contribution >= 0.6 is 11.6 Å². The van der Waals surface area contributed by atoms with Crippen LogP contribution in [-0.4, -0.2) is 33.2 Å². The highest BCUT2D eigenvalue weighted by atomic mass is 35.5. The van der Waals surface area contributed by atoms with Crippen LogP contribution in [0.5, 0.6) is 0 Å². The fourth-order valence-corrected chi connectivity index (χ4v) is 2.45. The van der Waals surface area contributed by atoms with Gasteiger partial charge >= 0.3 is 0 Å². The van der Waals surface area contributed by atoms with Crippen molar-refractivity contribution >= 4 is 17.3 Å². The van der Waals surface area contributed by atoms with E-state index in [9.17, 15) is 4.79 Å². The van der Waals surface area contributed by atoms with Gasteiger partial charge in [0, 0.05) is 32.3 Å². The molecule has 0 aliphatic heterocycles. The summed E-state index contributed by atoms with van der Waals surface area (Å²) in [5.74, 6) is 0. The second-order valence-corrected chi connectivity index (χ2v) is 5.47. The molecule has 0 unspecified atom stereocenters. The Labute approximate surface area is 128 Å². The molecule has 21 heavy (non-hydrogen) atoms. The van der Waals surface area contributed by atoms with Crippen LogP contribution in [0.25, 0.3) is 0 Å². The van der Waals surface area contributed by atoms with Crippen LogP contribution in [0, 0.1) is 6.92 Å². The van der Waals surface area contributed by atoms with Crippen molar-refractivity contribution in [3.63, 3.8) is 0 Å². The number of nitrogens with zero attached hydrogens (tertiary/aromatic N) is 5. The fourth-order valence-electron chi connectivity index (χ4n) is 2.22. The maximum Gasteiger partial charge on any atom is 0.269 e. The first kappa shape index (κ1) is 15.6. The molecule has 0 saturated carbocycles. The lowest BCUT2D eigenvalue weighted by Gasteiger charge is -2.17. The average molecular weight is 310 g/mol. The molecule has 0 radical (unpaired) electrons. The van der Waals surface area contributed by atoms with Crippen molar-refractivity contribution in [3.8, 4) is 0 Å². The number of halogens is 1. The molecule has 0 bridgehead atoms. The van der Waals surface area contributed by atoms with Gasteiger partial charge < -0.3 is 4.90 Å². The summed E-state index contributed by atoms with van der Waals surface area (Å²) >= 11 is 6.19. The lowest BCUT2D eigenvalue weighted by atomic mass is 10.2. The monoisotopic (exact) mass is 309 g/mol. The van der Waals surface area contributed by atoms with Gasteiger partial charge in [-0.2, -0.15) is 10.2 Å². The van der Waals surface area contributed by atoms with Crippen molar-refractivity contribution in [2.75, 3.05) is 18.5 Å². The molecule has 0 aliphatic rings. The van der Waals surface area contributed by atoms with Gasteiger partial charge in [0.15, 0.2) is 0 Å². The minimum absolute atomic E-state index is 0.144. The summed E-state index contributed by atoms with van der Waals surface area (Å²) in [7, 11) is 3.73. The van der Waals surface area contributed by atoms with Crippen molar-refractivity contribution in [2.45, 2.75) is 26.8 Å². The standard InChI is InChI=1S/C14H20ClN5O/c1-5-6-18(3)11-7-13(21)20(16-8-11)9-12-10(2)17-19(4)14(12)15/h7-8H,5-6,9H2,1-4H3. The molecule has 114 valence electrons. The zero-order valence-electron chi connectivity index (χ0n) is 12.8. The first-order valence-corrected chi connectivity index (χ1v) is 7.28. The Hall–Kier alpha value is -1.82. The number of aromatic nitrogens is 4. The van der Waals surface area contributed by atoms with Gasteiger partial charge in [-0.1, -0.05) is 18.5 Å². The van der Waals surface area contributed by atoms with Crippen molar-refractivity contribution in [2.24, 2.45) is 7.05 Å². The molecule has 0 spiro atoms. The SMILES string of the molecule is CCCN(C)c1cnn(Cc2c(C)nn(C)c2Cl)c(=O)c1. The topological polar surface area (TPSA) is 56.0 Å². The third-order valence-electron chi connectivity index (χ3n) is 3.43. The van der Waals surface area contributed by atoms with Gasteiger partial charge in [0.25, 0.3) is 5.56 Å². The van der Waals surface area contributed by atoms with Crippen LogP contribution < -0.4 is 10.5 Å². The molecule has 0 saturated heterocycles. The summed E-state index contributed by atoms with van der Waals surface area (Å²) in [4.78, 5) is 14.2. The van der Waals surface area contributed by atoms with Crippen LogP contribution in [0.2, 0.25) is 5.15 Å². The average Bonchev–Trinajstić information content (AvgIpc) is 2.67. The molecule has 2 aromatic rings. The van der Waals surface area contributed by atoms with E-state index in [-0.39, 0.29) is 5.56 Å². The number of rotatable bonds is 5. The highest BCUT2D eigenvalue weighted by molar-refractivity contribution is 6.30. The van der Waals surface area contributed by atoms with E-state index < -0.39 is 0 Å². The lowest BCUT2D eigenvalue weighted by Crippen LogP contribution is -2.26. The predicted molar refractivity (Wildman–Crippen MR) is 84.1 cm³/mol. The highest BCUT2D eigenvalue weighted by Crippen LogP contribution is 2.19. The third kappa shape index (κ3) is 3.26. The van der Waals surface area contributed by atoms with Crippen LogP contribution in [0.3, 0.4) is 0 Å². The van der Waals surface area contributed by atoms with E-state index >= 15 is 0 Å². The number of anilines is 1. The van der Waals surface area contributed by atoms with Gasteiger partial charge in [0.05, 0.1) is 24.1 Å². The van der Waals surface area contributed by atoms with Crippen LogP contribution in [0.1, 0.15) is 24.6 Å². The van der Waals surface area contributed by atoms with Crippen molar-refractivity contribution in [1.82, 2.24) is 19.6 Å². The Morgan fingerprint density at radius 3 is 2.67 bits per heavy atom. The van der Waals surface area contributed by atoms with Crippen molar-refractivity contribution in [1.29, 1.82) is 0 Å². The maximum absolute atomic E-state index is 12.2. The van der Waals surface area contributed by atoms with E-state index in [2.05, 4.69) is 17.1 Å². The molecular weight excluding hydrogens is 290 g/mol. The van der Waals surface area contributed by atoms with Crippen LogP contribution in [0.4, 0.5) is 5.69 Å². The molecule has 7 heteroatoms. The summed E-state index contributed by atoms with van der Waals surface area (Å²) in [5.41, 5.74) is 2.31. The Morgan fingerprint density at radius 1 is 1.43 bits per heavy atom. The quantitative estimate of drug-likeness (QED) is 0.845. The molecular formula is C14H20ClN5O. The summed E-state index contributed by atoms with van der Waals surface area (Å²) in [6.07, 6.45) is 2.72. The van der Waals surface area contributed by atoms with E-state index in [1.54, 1.807) is 24.0 Å². The molecule has 0 atom stereocenters. The van der Waals surface area contributed by atoms with Gasteiger partial charge in [-0.3, -0.25) is 9.48 Å². The minimum atomic E-state index is -0.144. The molecule has 0 amide bonds. The molecule has 0 N–H and O–H groups in total. The second-order valence-electron chi connectivity index (χ2n) is 5.11. The van der Waals surface area contributed by atoms with E-state index in [1.165, 1.54) is 4.68 Å². The number of hydrogen-bond acceptors (Lipinski definition) is 4. The summed E-state index contributed by atoms with van der Waals surface area (Å²) < 4.78 is 3.00. The van der Waals surface area contributed by atoms with E-state index in [0.29, 0.717) is 11.7 Å². The van der Waals surface area contributed by atoms with Gasteiger partial charge in [-0.25, -0.2) is 4.68 Å². The Balaban J connectivity index is 2.28. The van der Waals surface area contributed by atoms with Crippen molar-refractivity contribution in [3.05, 3.63) is 39.0 Å². The Bertz CT molecular complexity index is 691. The summed E-state index contributed by atoms with van der Waals surface area (Å²) in [5, 5.41) is 9.01. The molecule has 2 heterocycles. The first-order valence-electron chi connectivity index (χ1n) is 6.90. The van der Waals surface area contributed by atoms with E-state index in [1.807, 2.05) is 18.9 Å². The minimum Gasteiger partial charge on any atom is -0.373 e. The fraction of sp³-hybridized carbons (Fsp3) is 0.500. The van der Waals surface area contributed by atoms with Crippen LogP contribution in [-0.2, 0) is 13.6 Å². The van der Waals surface area contributed by atoms with Gasteiger partial charge in [0.1, 0.15) is 5.15 Å². The zero-order valence-corrected chi connectivity index (χ0v) is 13.6. The summed E-state index contributed by atoms with van der Waals surface area (Å²) in [6.45, 7) is 5.18. The molecule has 2 rings (SSSR count). The van der Waals surface area contributed by atoms with Crippen molar-refractivity contribution < 1.29 is 0 Å².